The number of benzene rings is 1. The Balaban J connectivity index is 2.05. The molecule has 2 heterocycles. The molecule has 3 rings (SSSR count). The van der Waals surface area contributed by atoms with Crippen molar-refractivity contribution in [3.8, 4) is 0 Å². The van der Waals surface area contributed by atoms with Crippen molar-refractivity contribution in [2.45, 2.75) is 32.9 Å². The van der Waals surface area contributed by atoms with Gasteiger partial charge >= 0.3 is 0 Å². The van der Waals surface area contributed by atoms with Gasteiger partial charge in [0.15, 0.2) is 0 Å². The largest absolute Gasteiger partial charge is 0.324 e. The highest BCUT2D eigenvalue weighted by atomic mass is 19.1. The van der Waals surface area contributed by atoms with Gasteiger partial charge in [-0.1, -0.05) is 20.3 Å². The molecular weight excluding hydrogens is 311 g/mol. The third-order valence-electron chi connectivity index (χ3n) is 4.46. The monoisotopic (exact) mass is 330 g/mol. The number of anilines is 1. The first kappa shape index (κ1) is 16.2. The Morgan fingerprint density at radius 1 is 1.50 bits per heavy atom. The zero-order valence-corrected chi connectivity index (χ0v) is 13.5. The average Bonchev–Trinajstić information content (AvgIpc) is 3.05. The van der Waals surface area contributed by atoms with Crippen LogP contribution >= 0.6 is 0 Å². The van der Waals surface area contributed by atoms with Gasteiger partial charge in [-0.2, -0.15) is 5.10 Å². The lowest BCUT2D eigenvalue weighted by atomic mass is 9.96. The van der Waals surface area contributed by atoms with Crippen LogP contribution in [0.3, 0.4) is 0 Å². The lowest BCUT2D eigenvalue weighted by Gasteiger charge is -2.32. The van der Waals surface area contributed by atoms with E-state index in [0.717, 1.165) is 6.42 Å². The van der Waals surface area contributed by atoms with Gasteiger partial charge < -0.3 is 10.2 Å². The fourth-order valence-electron chi connectivity index (χ4n) is 2.97. The fraction of sp³-hybridized carbons (Fsp3) is 0.353. The molecule has 0 saturated carbocycles. The minimum atomic E-state index is -0.632. The van der Waals surface area contributed by atoms with E-state index >= 15 is 0 Å². The van der Waals surface area contributed by atoms with Gasteiger partial charge in [-0.05, 0) is 29.7 Å². The van der Waals surface area contributed by atoms with E-state index in [4.69, 9.17) is 0 Å². The van der Waals surface area contributed by atoms with E-state index in [1.807, 2.05) is 13.8 Å². The molecule has 1 aromatic heterocycles. The number of hydrogen-bond donors (Lipinski definition) is 2. The zero-order valence-electron chi connectivity index (χ0n) is 13.5. The number of aromatic amines is 1. The van der Waals surface area contributed by atoms with Gasteiger partial charge in [0, 0.05) is 18.4 Å². The van der Waals surface area contributed by atoms with Crippen molar-refractivity contribution in [2.24, 2.45) is 5.92 Å². The van der Waals surface area contributed by atoms with Crippen molar-refractivity contribution in [3.05, 3.63) is 47.5 Å². The van der Waals surface area contributed by atoms with Crippen molar-refractivity contribution < 1.29 is 14.0 Å². The van der Waals surface area contributed by atoms with Crippen LogP contribution in [0.15, 0.2) is 30.6 Å². The lowest BCUT2D eigenvalue weighted by Crippen LogP contribution is -2.48. The maximum absolute atomic E-state index is 13.6. The standard InChI is InChI=1S/C17H19FN4O2/c1-3-10(2)15-16(23)21-14-5-4-13(18)6-11(14)9-22(15)17(24)12-7-19-20-8-12/h4-8,10,15H,3,9H2,1-2H3,(H,19,20)(H,21,23)/t10-,15-/m0/s1. The minimum Gasteiger partial charge on any atom is -0.324 e. The number of fused-ring (bicyclic) bond motifs is 1. The molecule has 1 aliphatic heterocycles. The van der Waals surface area contributed by atoms with Gasteiger partial charge in [0.1, 0.15) is 11.9 Å². The van der Waals surface area contributed by atoms with Gasteiger partial charge in [-0.25, -0.2) is 4.39 Å². The molecule has 0 bridgehead atoms. The maximum atomic E-state index is 13.6. The summed E-state index contributed by atoms with van der Waals surface area (Å²) >= 11 is 0. The summed E-state index contributed by atoms with van der Waals surface area (Å²) in [6, 6.07) is 3.55. The molecule has 7 heteroatoms. The molecule has 0 fully saturated rings. The average molecular weight is 330 g/mol. The van der Waals surface area contributed by atoms with Crippen LogP contribution in [0.1, 0.15) is 36.2 Å². The SMILES string of the molecule is CC[C@H](C)[C@H]1C(=O)Nc2ccc(F)cc2CN1C(=O)c1cn[nH]c1. The van der Waals surface area contributed by atoms with Gasteiger partial charge in [0.25, 0.3) is 5.91 Å². The molecule has 126 valence electrons. The first-order valence-electron chi connectivity index (χ1n) is 7.90. The summed E-state index contributed by atoms with van der Waals surface area (Å²) < 4.78 is 13.6. The normalized spacial score (nSPS) is 18.5. The quantitative estimate of drug-likeness (QED) is 0.908. The smallest absolute Gasteiger partial charge is 0.258 e. The highest BCUT2D eigenvalue weighted by Crippen LogP contribution is 2.29. The van der Waals surface area contributed by atoms with E-state index in [2.05, 4.69) is 15.5 Å². The number of H-pyrrole nitrogens is 1. The maximum Gasteiger partial charge on any atom is 0.258 e. The number of rotatable bonds is 3. The Morgan fingerprint density at radius 2 is 2.29 bits per heavy atom. The lowest BCUT2D eigenvalue weighted by molar-refractivity contribution is -0.122. The number of nitrogens with zero attached hydrogens (tertiary/aromatic N) is 2. The molecule has 0 radical (unpaired) electrons. The molecule has 2 amide bonds. The molecule has 24 heavy (non-hydrogen) atoms. The van der Waals surface area contributed by atoms with Crippen LogP contribution < -0.4 is 5.32 Å². The molecule has 2 atom stereocenters. The number of hydrogen-bond acceptors (Lipinski definition) is 3. The van der Waals surface area contributed by atoms with Crippen LogP contribution in [0, 0.1) is 11.7 Å². The number of carbonyl (C=O) groups is 2. The summed E-state index contributed by atoms with van der Waals surface area (Å²) in [6.07, 6.45) is 3.65. The summed E-state index contributed by atoms with van der Waals surface area (Å²) in [7, 11) is 0. The topological polar surface area (TPSA) is 78.1 Å². The molecule has 0 aliphatic carbocycles. The summed E-state index contributed by atoms with van der Waals surface area (Å²) in [5.41, 5.74) is 1.49. The predicted molar refractivity (Wildman–Crippen MR) is 86.7 cm³/mol. The number of halogens is 1. The fourth-order valence-corrected chi connectivity index (χ4v) is 2.97. The van der Waals surface area contributed by atoms with E-state index in [1.165, 1.54) is 35.5 Å². The Bertz CT molecular complexity index is 760. The van der Waals surface area contributed by atoms with E-state index in [-0.39, 0.29) is 24.3 Å². The molecule has 6 nitrogen and oxygen atoms in total. The first-order chi connectivity index (χ1) is 11.5. The van der Waals surface area contributed by atoms with Crippen molar-refractivity contribution in [2.75, 3.05) is 5.32 Å². The van der Waals surface area contributed by atoms with Gasteiger partial charge in [0.2, 0.25) is 5.91 Å². The van der Waals surface area contributed by atoms with E-state index in [0.29, 0.717) is 16.8 Å². The van der Waals surface area contributed by atoms with Gasteiger partial charge in [-0.3, -0.25) is 14.7 Å². The van der Waals surface area contributed by atoms with Gasteiger partial charge in [0.05, 0.1) is 11.8 Å². The zero-order chi connectivity index (χ0) is 17.3. The highest BCUT2D eigenvalue weighted by molar-refractivity contribution is 6.02. The third-order valence-corrected chi connectivity index (χ3v) is 4.46. The van der Waals surface area contributed by atoms with E-state index in [9.17, 15) is 14.0 Å². The van der Waals surface area contributed by atoms with Crippen LogP contribution in [-0.2, 0) is 11.3 Å². The number of carbonyl (C=O) groups excluding carboxylic acids is 2. The Morgan fingerprint density at radius 3 is 2.96 bits per heavy atom. The molecule has 0 unspecified atom stereocenters. The predicted octanol–water partition coefficient (Wildman–Crippen LogP) is 2.56. The number of aromatic nitrogens is 2. The second-order valence-corrected chi connectivity index (χ2v) is 6.04. The van der Waals surface area contributed by atoms with Crippen LogP contribution in [0.4, 0.5) is 10.1 Å². The summed E-state index contributed by atoms with van der Waals surface area (Å²) in [4.78, 5) is 27.1. The molecule has 2 aromatic rings. The van der Waals surface area contributed by atoms with Crippen LogP contribution in [0.2, 0.25) is 0 Å². The summed E-state index contributed by atoms with van der Waals surface area (Å²) in [6.45, 7) is 4.05. The van der Waals surface area contributed by atoms with Crippen molar-refractivity contribution >= 4 is 17.5 Å². The van der Waals surface area contributed by atoms with Crippen LogP contribution in [0.25, 0.3) is 0 Å². The third kappa shape index (κ3) is 2.89. The van der Waals surface area contributed by atoms with Crippen molar-refractivity contribution in [1.29, 1.82) is 0 Å². The second-order valence-electron chi connectivity index (χ2n) is 6.04. The van der Waals surface area contributed by atoms with Crippen molar-refractivity contribution in [3.63, 3.8) is 0 Å². The second kappa shape index (κ2) is 6.43. The Labute approximate surface area is 139 Å². The number of nitrogens with one attached hydrogen (secondary N) is 2. The Hall–Kier alpha value is -2.70. The van der Waals surface area contributed by atoms with Crippen LogP contribution in [0.5, 0.6) is 0 Å². The molecule has 0 spiro atoms. The Kier molecular flexibility index (Phi) is 4.33. The molecule has 1 aliphatic rings. The van der Waals surface area contributed by atoms with E-state index in [1.54, 1.807) is 0 Å². The molecule has 1 aromatic carbocycles. The van der Waals surface area contributed by atoms with Gasteiger partial charge in [-0.15, -0.1) is 0 Å². The molecule has 0 saturated heterocycles. The highest BCUT2D eigenvalue weighted by Gasteiger charge is 2.37. The summed E-state index contributed by atoms with van der Waals surface area (Å²) in [5.74, 6) is -1.01. The van der Waals surface area contributed by atoms with Crippen molar-refractivity contribution in [1.82, 2.24) is 15.1 Å². The summed E-state index contributed by atoms with van der Waals surface area (Å²) in [5, 5.41) is 9.22. The molecule has 2 N–H and O–H groups in total. The first-order valence-corrected chi connectivity index (χ1v) is 7.90. The molecular formula is C17H19FN4O2. The van der Waals surface area contributed by atoms with Crippen LogP contribution in [-0.4, -0.2) is 33.0 Å². The van der Waals surface area contributed by atoms with E-state index < -0.39 is 11.9 Å². The number of amides is 2. The minimum absolute atomic E-state index is 0.0417.